The minimum Gasteiger partial charge on any atom is -0.370 e. The fraction of sp³-hybridized carbons (Fsp3) is 0.250. The van der Waals surface area contributed by atoms with E-state index >= 15 is 0 Å². The normalized spacial score (nSPS) is 10.5. The van der Waals surface area contributed by atoms with Gasteiger partial charge in [0.2, 0.25) is 5.95 Å². The third-order valence-electron chi connectivity index (χ3n) is 2.51. The van der Waals surface area contributed by atoms with Gasteiger partial charge in [-0.15, -0.1) is 0 Å². The third kappa shape index (κ3) is 2.33. The van der Waals surface area contributed by atoms with Gasteiger partial charge in [-0.05, 0) is 25.5 Å². The first-order chi connectivity index (χ1) is 8.10. The second kappa shape index (κ2) is 4.37. The number of hydrogen-bond acceptors (Lipinski definition) is 3. The maximum atomic E-state index is 7.19. The highest BCUT2D eigenvalue weighted by Gasteiger charge is 2.06. The lowest BCUT2D eigenvalue weighted by Gasteiger charge is -2.08. The first kappa shape index (κ1) is 11.3. The SMILES string of the molecule is CCc1nc(NC(=N)N)nc2ccc(C)cc12. The molecule has 0 spiro atoms. The highest BCUT2D eigenvalue weighted by atomic mass is 15.2. The van der Waals surface area contributed by atoms with Crippen molar-refractivity contribution in [1.82, 2.24) is 9.97 Å². The minimum atomic E-state index is -0.154. The molecule has 17 heavy (non-hydrogen) atoms. The second-order valence-electron chi connectivity index (χ2n) is 3.91. The Labute approximate surface area is 99.6 Å². The molecule has 0 radical (unpaired) electrons. The lowest BCUT2D eigenvalue weighted by atomic mass is 10.1. The molecule has 0 bridgehead atoms. The summed E-state index contributed by atoms with van der Waals surface area (Å²) in [5.74, 6) is 0.226. The van der Waals surface area contributed by atoms with Crippen molar-refractivity contribution in [3.63, 3.8) is 0 Å². The van der Waals surface area contributed by atoms with Crippen molar-refractivity contribution in [2.45, 2.75) is 20.3 Å². The number of aryl methyl sites for hydroxylation is 2. The average Bonchev–Trinajstić information content (AvgIpc) is 2.27. The Morgan fingerprint density at radius 2 is 2.18 bits per heavy atom. The van der Waals surface area contributed by atoms with Crippen molar-refractivity contribution in [1.29, 1.82) is 5.41 Å². The molecule has 0 fully saturated rings. The van der Waals surface area contributed by atoms with Crippen LogP contribution in [0.25, 0.3) is 10.9 Å². The second-order valence-corrected chi connectivity index (χ2v) is 3.91. The van der Waals surface area contributed by atoms with Gasteiger partial charge in [-0.2, -0.15) is 0 Å². The maximum absolute atomic E-state index is 7.19. The van der Waals surface area contributed by atoms with Crippen LogP contribution >= 0.6 is 0 Å². The van der Waals surface area contributed by atoms with Crippen LogP contribution in [0.3, 0.4) is 0 Å². The molecule has 4 N–H and O–H groups in total. The number of hydrogen-bond donors (Lipinski definition) is 3. The predicted molar refractivity (Wildman–Crippen MR) is 69.2 cm³/mol. The van der Waals surface area contributed by atoms with Crippen molar-refractivity contribution in [2.24, 2.45) is 5.73 Å². The summed E-state index contributed by atoms with van der Waals surface area (Å²) in [6.07, 6.45) is 0.815. The number of anilines is 1. The maximum Gasteiger partial charge on any atom is 0.230 e. The number of nitrogens with two attached hydrogens (primary N) is 1. The largest absolute Gasteiger partial charge is 0.370 e. The van der Waals surface area contributed by atoms with Gasteiger partial charge in [0.1, 0.15) is 0 Å². The Morgan fingerprint density at radius 3 is 2.82 bits per heavy atom. The Morgan fingerprint density at radius 1 is 1.41 bits per heavy atom. The molecule has 0 amide bonds. The molecule has 0 aliphatic carbocycles. The quantitative estimate of drug-likeness (QED) is 0.541. The Balaban J connectivity index is 2.61. The molecule has 0 atom stereocenters. The van der Waals surface area contributed by atoms with Gasteiger partial charge in [-0.1, -0.05) is 18.6 Å². The van der Waals surface area contributed by atoms with Crippen LogP contribution in [0.2, 0.25) is 0 Å². The van der Waals surface area contributed by atoms with Crippen molar-refractivity contribution in [3.05, 3.63) is 29.5 Å². The highest BCUT2D eigenvalue weighted by Crippen LogP contribution is 2.19. The van der Waals surface area contributed by atoms with E-state index in [0.29, 0.717) is 5.95 Å². The summed E-state index contributed by atoms with van der Waals surface area (Å²) in [5.41, 5.74) is 8.29. The molecular formula is C12H15N5. The van der Waals surface area contributed by atoms with Gasteiger partial charge in [0, 0.05) is 5.39 Å². The van der Waals surface area contributed by atoms with Gasteiger partial charge >= 0.3 is 0 Å². The molecule has 1 aromatic carbocycles. The van der Waals surface area contributed by atoms with Crippen LogP contribution in [0.4, 0.5) is 5.95 Å². The molecule has 0 unspecified atom stereocenters. The number of fused-ring (bicyclic) bond motifs is 1. The van der Waals surface area contributed by atoms with Crippen molar-refractivity contribution < 1.29 is 0 Å². The number of nitrogens with zero attached hydrogens (tertiary/aromatic N) is 2. The van der Waals surface area contributed by atoms with Gasteiger partial charge in [0.05, 0.1) is 11.2 Å². The van der Waals surface area contributed by atoms with E-state index < -0.39 is 0 Å². The molecule has 0 aliphatic rings. The van der Waals surface area contributed by atoms with Gasteiger partial charge in [0.25, 0.3) is 0 Å². The molecule has 88 valence electrons. The Kier molecular flexibility index (Phi) is 2.91. The van der Waals surface area contributed by atoms with Gasteiger partial charge in [-0.3, -0.25) is 10.7 Å². The van der Waals surface area contributed by atoms with Crippen molar-refractivity contribution >= 4 is 22.8 Å². The summed E-state index contributed by atoms with van der Waals surface area (Å²) in [5, 5.41) is 10.9. The van der Waals surface area contributed by atoms with E-state index in [1.165, 1.54) is 5.56 Å². The van der Waals surface area contributed by atoms with Crippen LogP contribution in [-0.2, 0) is 6.42 Å². The molecule has 0 saturated heterocycles. The summed E-state index contributed by atoms with van der Waals surface area (Å²) in [6, 6.07) is 6.04. The van der Waals surface area contributed by atoms with Crippen LogP contribution in [0.1, 0.15) is 18.2 Å². The van der Waals surface area contributed by atoms with Crippen molar-refractivity contribution in [2.75, 3.05) is 5.32 Å². The molecule has 1 aromatic heterocycles. The first-order valence-corrected chi connectivity index (χ1v) is 5.48. The van der Waals surface area contributed by atoms with E-state index in [2.05, 4.69) is 21.4 Å². The summed E-state index contributed by atoms with van der Waals surface area (Å²) >= 11 is 0. The van der Waals surface area contributed by atoms with Crippen LogP contribution in [0.15, 0.2) is 18.2 Å². The Bertz CT molecular complexity index is 576. The zero-order valence-electron chi connectivity index (χ0n) is 9.91. The van der Waals surface area contributed by atoms with E-state index in [0.717, 1.165) is 23.0 Å². The summed E-state index contributed by atoms with van der Waals surface area (Å²) < 4.78 is 0. The van der Waals surface area contributed by atoms with Crippen LogP contribution in [0.5, 0.6) is 0 Å². The van der Waals surface area contributed by atoms with Gasteiger partial charge < -0.3 is 5.73 Å². The molecule has 5 heteroatoms. The summed E-state index contributed by atoms with van der Waals surface area (Å²) in [7, 11) is 0. The van der Waals surface area contributed by atoms with E-state index in [1.54, 1.807) is 0 Å². The fourth-order valence-corrected chi connectivity index (χ4v) is 1.75. The highest BCUT2D eigenvalue weighted by molar-refractivity contribution is 5.90. The number of guanidine groups is 1. The molecule has 1 heterocycles. The Hall–Kier alpha value is -2.17. The molecular weight excluding hydrogens is 214 g/mol. The molecule has 0 aliphatic heterocycles. The number of aromatic nitrogens is 2. The number of benzene rings is 1. The van der Waals surface area contributed by atoms with Gasteiger partial charge in [0.15, 0.2) is 5.96 Å². The lowest BCUT2D eigenvalue weighted by Crippen LogP contribution is -2.22. The average molecular weight is 229 g/mol. The molecule has 2 aromatic rings. The number of nitrogens with one attached hydrogen (secondary N) is 2. The van der Waals surface area contributed by atoms with E-state index in [-0.39, 0.29) is 5.96 Å². The fourth-order valence-electron chi connectivity index (χ4n) is 1.75. The van der Waals surface area contributed by atoms with Crippen molar-refractivity contribution in [3.8, 4) is 0 Å². The monoisotopic (exact) mass is 229 g/mol. The zero-order chi connectivity index (χ0) is 12.4. The van der Waals surface area contributed by atoms with Crippen LogP contribution in [0, 0.1) is 12.3 Å². The topological polar surface area (TPSA) is 87.7 Å². The van der Waals surface area contributed by atoms with E-state index in [9.17, 15) is 0 Å². The first-order valence-electron chi connectivity index (χ1n) is 5.48. The van der Waals surface area contributed by atoms with Crippen LogP contribution in [-0.4, -0.2) is 15.9 Å². The van der Waals surface area contributed by atoms with E-state index in [4.69, 9.17) is 11.1 Å². The predicted octanol–water partition coefficient (Wildman–Crippen LogP) is 1.81. The van der Waals surface area contributed by atoms with Crippen LogP contribution < -0.4 is 11.1 Å². The summed E-state index contributed by atoms with van der Waals surface area (Å²) in [4.78, 5) is 8.68. The standard InChI is InChI=1S/C12H15N5/c1-3-9-8-6-7(2)4-5-10(8)16-12(15-9)17-11(13)14/h4-6H,3H2,1-2H3,(H4,13,14,15,16,17). The molecule has 2 rings (SSSR count). The molecule has 5 nitrogen and oxygen atoms in total. The van der Waals surface area contributed by atoms with E-state index in [1.807, 2.05) is 26.0 Å². The number of rotatable bonds is 2. The lowest BCUT2D eigenvalue weighted by molar-refractivity contribution is 1.03. The molecule has 0 saturated carbocycles. The minimum absolute atomic E-state index is 0.154. The van der Waals surface area contributed by atoms with Gasteiger partial charge in [-0.25, -0.2) is 9.97 Å². The zero-order valence-corrected chi connectivity index (χ0v) is 9.91. The third-order valence-corrected chi connectivity index (χ3v) is 2.51. The smallest absolute Gasteiger partial charge is 0.230 e. The summed E-state index contributed by atoms with van der Waals surface area (Å²) in [6.45, 7) is 4.09.